The molecule has 0 atom stereocenters. The molecule has 0 aliphatic heterocycles. The molecule has 0 radical (unpaired) electrons. The largest absolute Gasteiger partial charge is 0.382 e. The van der Waals surface area contributed by atoms with E-state index in [2.05, 4.69) is 11.8 Å². The second-order valence-corrected chi connectivity index (χ2v) is 2.08. The molecule has 0 aromatic heterocycles. The van der Waals surface area contributed by atoms with Crippen LogP contribution in [0.2, 0.25) is 0 Å². The van der Waals surface area contributed by atoms with Crippen molar-refractivity contribution in [2.75, 3.05) is 40.1 Å². The van der Waals surface area contributed by atoms with Gasteiger partial charge in [0, 0.05) is 7.11 Å². The molecule has 70 valence electrons. The van der Waals surface area contributed by atoms with E-state index in [0.29, 0.717) is 33.0 Å². The molecule has 0 aromatic carbocycles. The first kappa shape index (κ1) is 11.4. The van der Waals surface area contributed by atoms with Crippen molar-refractivity contribution in [3.63, 3.8) is 0 Å². The highest BCUT2D eigenvalue weighted by molar-refractivity contribution is 4.94. The molecule has 0 heterocycles. The predicted octanol–water partition coefficient (Wildman–Crippen LogP) is 0.689. The lowest BCUT2D eigenvalue weighted by molar-refractivity contribution is 0.0324. The number of ether oxygens (including phenoxy) is 3. The summed E-state index contributed by atoms with van der Waals surface area (Å²) in [7, 11) is 1.65. The molecule has 0 saturated carbocycles. The maximum Gasteiger partial charge on any atom is 0.107 e. The van der Waals surface area contributed by atoms with Gasteiger partial charge in [0.2, 0.25) is 0 Å². The van der Waals surface area contributed by atoms with Crippen LogP contribution in [0.25, 0.3) is 0 Å². The fourth-order valence-electron chi connectivity index (χ4n) is 0.558. The van der Waals surface area contributed by atoms with Gasteiger partial charge >= 0.3 is 0 Å². The molecular formula is C9H16O3. The molecule has 0 amide bonds. The average molecular weight is 172 g/mol. The van der Waals surface area contributed by atoms with Gasteiger partial charge in [0.25, 0.3) is 0 Å². The first-order chi connectivity index (χ1) is 5.91. The predicted molar refractivity (Wildman–Crippen MR) is 47.0 cm³/mol. The lowest BCUT2D eigenvalue weighted by atomic mass is 10.6. The van der Waals surface area contributed by atoms with E-state index >= 15 is 0 Å². The van der Waals surface area contributed by atoms with Gasteiger partial charge in [-0.1, -0.05) is 5.92 Å². The zero-order valence-corrected chi connectivity index (χ0v) is 7.76. The Morgan fingerprint density at radius 3 is 2.33 bits per heavy atom. The first-order valence-corrected chi connectivity index (χ1v) is 3.96. The van der Waals surface area contributed by atoms with Gasteiger partial charge in [-0.3, -0.25) is 0 Å². The molecule has 0 bridgehead atoms. The minimum Gasteiger partial charge on any atom is -0.382 e. The SMILES string of the molecule is CC#CCOCCOCCOC. The molecule has 0 saturated heterocycles. The van der Waals surface area contributed by atoms with Crippen molar-refractivity contribution in [2.45, 2.75) is 6.92 Å². The highest BCUT2D eigenvalue weighted by Gasteiger charge is 1.87. The zero-order valence-electron chi connectivity index (χ0n) is 7.76. The third kappa shape index (κ3) is 9.44. The Morgan fingerprint density at radius 1 is 1.00 bits per heavy atom. The Kier molecular flexibility index (Phi) is 9.95. The van der Waals surface area contributed by atoms with Gasteiger partial charge in [-0.25, -0.2) is 0 Å². The molecule has 0 aliphatic carbocycles. The summed E-state index contributed by atoms with van der Waals surface area (Å²) in [4.78, 5) is 0. The van der Waals surface area contributed by atoms with Crippen molar-refractivity contribution < 1.29 is 14.2 Å². The fraction of sp³-hybridized carbons (Fsp3) is 0.778. The Hall–Kier alpha value is -0.560. The summed E-state index contributed by atoms with van der Waals surface area (Å²) in [5, 5.41) is 0. The summed E-state index contributed by atoms with van der Waals surface area (Å²) in [5.74, 6) is 5.54. The fourth-order valence-corrected chi connectivity index (χ4v) is 0.558. The summed E-state index contributed by atoms with van der Waals surface area (Å²) in [5.41, 5.74) is 0. The number of hydrogen-bond donors (Lipinski definition) is 0. The van der Waals surface area contributed by atoms with E-state index in [1.807, 2.05) is 0 Å². The molecule has 0 aliphatic rings. The minimum atomic E-state index is 0.490. The quantitative estimate of drug-likeness (QED) is 0.417. The van der Waals surface area contributed by atoms with Crippen molar-refractivity contribution in [3.05, 3.63) is 0 Å². The molecule has 12 heavy (non-hydrogen) atoms. The van der Waals surface area contributed by atoms with Crippen LogP contribution in [0.4, 0.5) is 0 Å². The van der Waals surface area contributed by atoms with E-state index in [9.17, 15) is 0 Å². The Morgan fingerprint density at radius 2 is 1.67 bits per heavy atom. The molecule has 0 unspecified atom stereocenters. The summed E-state index contributed by atoms with van der Waals surface area (Å²) < 4.78 is 15.1. The molecule has 0 rings (SSSR count). The minimum absolute atomic E-state index is 0.490. The Balaban J connectivity index is 2.84. The second kappa shape index (κ2) is 10.4. The van der Waals surface area contributed by atoms with Gasteiger partial charge in [-0.15, -0.1) is 5.92 Å². The number of methoxy groups -OCH3 is 1. The van der Waals surface area contributed by atoms with Gasteiger partial charge in [-0.2, -0.15) is 0 Å². The Bertz CT molecular complexity index is 134. The van der Waals surface area contributed by atoms with Crippen LogP contribution in [-0.4, -0.2) is 40.1 Å². The van der Waals surface area contributed by atoms with Crippen LogP contribution in [-0.2, 0) is 14.2 Å². The van der Waals surface area contributed by atoms with Gasteiger partial charge in [0.05, 0.1) is 26.4 Å². The molecule has 3 heteroatoms. The standard InChI is InChI=1S/C9H16O3/c1-3-4-5-11-8-9-12-7-6-10-2/h5-9H2,1-2H3. The van der Waals surface area contributed by atoms with Gasteiger partial charge < -0.3 is 14.2 Å². The molecule has 0 N–H and O–H groups in total. The van der Waals surface area contributed by atoms with Gasteiger partial charge in [-0.05, 0) is 6.92 Å². The highest BCUT2D eigenvalue weighted by Crippen LogP contribution is 1.78. The molecule has 3 nitrogen and oxygen atoms in total. The van der Waals surface area contributed by atoms with Crippen molar-refractivity contribution in [2.24, 2.45) is 0 Å². The monoisotopic (exact) mass is 172 g/mol. The smallest absolute Gasteiger partial charge is 0.107 e. The lowest BCUT2D eigenvalue weighted by Crippen LogP contribution is -2.08. The van der Waals surface area contributed by atoms with Crippen LogP contribution in [0.15, 0.2) is 0 Å². The van der Waals surface area contributed by atoms with E-state index < -0.39 is 0 Å². The van der Waals surface area contributed by atoms with Crippen LogP contribution in [0.1, 0.15) is 6.92 Å². The third-order valence-electron chi connectivity index (χ3n) is 1.15. The first-order valence-electron chi connectivity index (χ1n) is 3.96. The maximum absolute atomic E-state index is 5.16. The molecule has 0 fully saturated rings. The topological polar surface area (TPSA) is 27.7 Å². The van der Waals surface area contributed by atoms with Crippen molar-refractivity contribution in [1.82, 2.24) is 0 Å². The third-order valence-corrected chi connectivity index (χ3v) is 1.15. The molecule has 0 aromatic rings. The van der Waals surface area contributed by atoms with Crippen molar-refractivity contribution >= 4 is 0 Å². The summed E-state index contributed by atoms with van der Waals surface area (Å²) in [6.45, 7) is 4.74. The van der Waals surface area contributed by atoms with Gasteiger partial charge in [0.1, 0.15) is 6.61 Å². The second-order valence-electron chi connectivity index (χ2n) is 2.08. The van der Waals surface area contributed by atoms with E-state index in [-0.39, 0.29) is 0 Å². The van der Waals surface area contributed by atoms with Crippen LogP contribution >= 0.6 is 0 Å². The van der Waals surface area contributed by atoms with E-state index in [1.54, 1.807) is 14.0 Å². The number of rotatable bonds is 7. The summed E-state index contributed by atoms with van der Waals surface area (Å²) >= 11 is 0. The highest BCUT2D eigenvalue weighted by atomic mass is 16.5. The normalized spacial score (nSPS) is 9.17. The maximum atomic E-state index is 5.16. The Labute approximate surface area is 74.0 Å². The zero-order chi connectivity index (χ0) is 9.07. The molecule has 0 spiro atoms. The van der Waals surface area contributed by atoms with Gasteiger partial charge in [0.15, 0.2) is 0 Å². The van der Waals surface area contributed by atoms with E-state index in [4.69, 9.17) is 14.2 Å². The number of hydrogen-bond acceptors (Lipinski definition) is 3. The van der Waals surface area contributed by atoms with E-state index in [1.165, 1.54) is 0 Å². The van der Waals surface area contributed by atoms with Crippen molar-refractivity contribution in [1.29, 1.82) is 0 Å². The van der Waals surface area contributed by atoms with Crippen molar-refractivity contribution in [3.8, 4) is 11.8 Å². The van der Waals surface area contributed by atoms with Crippen LogP contribution in [0, 0.1) is 11.8 Å². The summed E-state index contributed by atoms with van der Waals surface area (Å²) in [6, 6.07) is 0. The van der Waals surface area contributed by atoms with E-state index in [0.717, 1.165) is 0 Å². The molecular weight excluding hydrogens is 156 g/mol. The lowest BCUT2D eigenvalue weighted by Gasteiger charge is -2.02. The average Bonchev–Trinajstić information content (AvgIpc) is 2.10. The van der Waals surface area contributed by atoms with Crippen LogP contribution in [0.3, 0.4) is 0 Å². The van der Waals surface area contributed by atoms with Crippen LogP contribution in [0.5, 0.6) is 0 Å². The summed E-state index contributed by atoms with van der Waals surface area (Å²) in [6.07, 6.45) is 0. The van der Waals surface area contributed by atoms with Crippen LogP contribution < -0.4 is 0 Å².